The average Bonchev–Trinajstić information content (AvgIpc) is 2.55. The number of likely N-dealkylation sites (N-methyl/N-ethyl adjacent to an activating group) is 1. The van der Waals surface area contributed by atoms with Gasteiger partial charge in [-0.1, -0.05) is 26.7 Å². The lowest BCUT2D eigenvalue weighted by Crippen LogP contribution is -2.40. The molecule has 1 aliphatic heterocycles. The minimum absolute atomic E-state index is 0.00252. The highest BCUT2D eigenvalue weighted by Crippen LogP contribution is 2.21. The fourth-order valence-electron chi connectivity index (χ4n) is 2.76. The van der Waals surface area contributed by atoms with Crippen molar-refractivity contribution in [2.45, 2.75) is 52.0 Å². The van der Waals surface area contributed by atoms with Gasteiger partial charge in [0.15, 0.2) is 0 Å². The Kier molecular flexibility index (Phi) is 7.23. The van der Waals surface area contributed by atoms with Crippen LogP contribution in [-0.2, 0) is 0 Å². The molecule has 98 valence electrons. The third-order valence-electron chi connectivity index (χ3n) is 3.68. The van der Waals surface area contributed by atoms with Crippen LogP contribution in [0.3, 0.4) is 0 Å². The predicted octanol–water partition coefficient (Wildman–Crippen LogP) is 2.39. The van der Waals surface area contributed by atoms with Crippen LogP contribution in [0.25, 0.3) is 0 Å². The third kappa shape index (κ3) is 5.52. The van der Waals surface area contributed by atoms with Gasteiger partial charge in [0.1, 0.15) is 6.04 Å². The number of nitriles is 1. The number of nitrogens with one attached hydrogen (secondary N) is 1. The molecule has 0 saturated carbocycles. The zero-order valence-electron chi connectivity index (χ0n) is 11.4. The molecule has 0 aromatic rings. The van der Waals surface area contributed by atoms with Gasteiger partial charge in [-0.05, 0) is 44.8 Å². The van der Waals surface area contributed by atoms with Gasteiger partial charge in [0.25, 0.3) is 0 Å². The van der Waals surface area contributed by atoms with Gasteiger partial charge in [0, 0.05) is 6.54 Å². The van der Waals surface area contributed by atoms with Gasteiger partial charge >= 0.3 is 0 Å². The first-order valence-corrected chi connectivity index (χ1v) is 7.15. The Morgan fingerprint density at radius 3 is 2.82 bits per heavy atom. The van der Waals surface area contributed by atoms with Crippen molar-refractivity contribution in [3.8, 4) is 6.07 Å². The quantitative estimate of drug-likeness (QED) is 0.771. The van der Waals surface area contributed by atoms with Crippen molar-refractivity contribution in [3.05, 3.63) is 0 Å². The van der Waals surface area contributed by atoms with Crippen molar-refractivity contribution in [2.24, 2.45) is 5.92 Å². The van der Waals surface area contributed by atoms with Crippen molar-refractivity contribution < 1.29 is 0 Å². The van der Waals surface area contributed by atoms with Crippen LogP contribution < -0.4 is 5.32 Å². The van der Waals surface area contributed by atoms with E-state index in [-0.39, 0.29) is 6.04 Å². The summed E-state index contributed by atoms with van der Waals surface area (Å²) >= 11 is 0. The molecule has 1 fully saturated rings. The fraction of sp³-hybridized carbons (Fsp3) is 0.929. The van der Waals surface area contributed by atoms with E-state index in [0.29, 0.717) is 0 Å². The summed E-state index contributed by atoms with van der Waals surface area (Å²) in [6.07, 6.45) is 6.68. The summed E-state index contributed by atoms with van der Waals surface area (Å²) in [5.74, 6) is 0.921. The molecule has 1 aliphatic rings. The van der Waals surface area contributed by atoms with Crippen LogP contribution in [0.15, 0.2) is 0 Å². The van der Waals surface area contributed by atoms with Crippen molar-refractivity contribution >= 4 is 0 Å². The van der Waals surface area contributed by atoms with E-state index in [0.717, 1.165) is 19.0 Å². The first-order valence-electron chi connectivity index (χ1n) is 7.15. The Labute approximate surface area is 106 Å². The van der Waals surface area contributed by atoms with Crippen molar-refractivity contribution in [1.82, 2.24) is 10.2 Å². The predicted molar refractivity (Wildman–Crippen MR) is 71.8 cm³/mol. The Morgan fingerprint density at radius 2 is 2.18 bits per heavy atom. The molecule has 17 heavy (non-hydrogen) atoms. The van der Waals surface area contributed by atoms with E-state index in [1.807, 2.05) is 0 Å². The molecule has 1 rings (SSSR count). The van der Waals surface area contributed by atoms with Crippen molar-refractivity contribution in [3.63, 3.8) is 0 Å². The number of hydrogen-bond donors (Lipinski definition) is 1. The molecule has 3 heteroatoms. The van der Waals surface area contributed by atoms with Crippen LogP contribution in [0, 0.1) is 17.2 Å². The highest BCUT2D eigenvalue weighted by atomic mass is 15.1. The smallest absolute Gasteiger partial charge is 0.108 e. The topological polar surface area (TPSA) is 39.1 Å². The second kappa shape index (κ2) is 8.49. The van der Waals surface area contributed by atoms with Gasteiger partial charge in [0.2, 0.25) is 0 Å². The highest BCUT2D eigenvalue weighted by molar-refractivity contribution is 4.92. The second-order valence-electron chi connectivity index (χ2n) is 5.13. The number of nitrogens with zero attached hydrogens (tertiary/aromatic N) is 2. The monoisotopic (exact) mass is 237 g/mol. The Bertz CT molecular complexity index is 234. The molecule has 1 heterocycles. The number of hydrogen-bond acceptors (Lipinski definition) is 3. The molecule has 1 N–H and O–H groups in total. The molecule has 0 spiro atoms. The Morgan fingerprint density at radius 1 is 1.35 bits per heavy atom. The van der Waals surface area contributed by atoms with E-state index in [1.54, 1.807) is 0 Å². The van der Waals surface area contributed by atoms with Crippen LogP contribution in [0.1, 0.15) is 46.0 Å². The normalized spacial score (nSPS) is 23.9. The summed E-state index contributed by atoms with van der Waals surface area (Å²) in [6, 6.07) is 2.36. The summed E-state index contributed by atoms with van der Waals surface area (Å²) in [6.45, 7) is 8.45. The maximum absolute atomic E-state index is 9.06. The van der Waals surface area contributed by atoms with Crippen LogP contribution in [0.5, 0.6) is 0 Å². The van der Waals surface area contributed by atoms with Crippen molar-refractivity contribution in [1.29, 1.82) is 5.26 Å². The molecular weight excluding hydrogens is 210 g/mol. The van der Waals surface area contributed by atoms with Gasteiger partial charge < -0.3 is 10.2 Å². The molecule has 0 aromatic heterocycles. The molecule has 2 atom stereocenters. The molecule has 0 amide bonds. The minimum Gasteiger partial charge on any atom is -0.301 e. The van der Waals surface area contributed by atoms with E-state index in [4.69, 9.17) is 5.26 Å². The van der Waals surface area contributed by atoms with E-state index in [1.165, 1.54) is 45.2 Å². The van der Waals surface area contributed by atoms with E-state index < -0.39 is 0 Å². The van der Waals surface area contributed by atoms with Gasteiger partial charge in [-0.15, -0.1) is 0 Å². The van der Waals surface area contributed by atoms with Crippen LogP contribution in [0.4, 0.5) is 0 Å². The first kappa shape index (κ1) is 14.5. The van der Waals surface area contributed by atoms with Crippen LogP contribution in [0.2, 0.25) is 0 Å². The second-order valence-corrected chi connectivity index (χ2v) is 5.13. The van der Waals surface area contributed by atoms with Gasteiger partial charge in [-0.25, -0.2) is 0 Å². The number of rotatable bonds is 6. The van der Waals surface area contributed by atoms with Gasteiger partial charge in [-0.2, -0.15) is 5.26 Å². The molecule has 2 unspecified atom stereocenters. The zero-order valence-corrected chi connectivity index (χ0v) is 11.4. The zero-order chi connectivity index (χ0) is 12.5. The van der Waals surface area contributed by atoms with E-state index in [9.17, 15) is 0 Å². The molecule has 3 nitrogen and oxygen atoms in total. The van der Waals surface area contributed by atoms with Crippen LogP contribution in [-0.4, -0.2) is 37.1 Å². The summed E-state index contributed by atoms with van der Waals surface area (Å²) in [5.41, 5.74) is 0. The summed E-state index contributed by atoms with van der Waals surface area (Å²) in [5, 5.41) is 12.3. The lowest BCUT2D eigenvalue weighted by molar-refractivity contribution is 0.263. The first-order chi connectivity index (χ1) is 8.30. The number of likely N-dealkylation sites (tertiary alicyclic amines) is 1. The molecule has 0 aromatic carbocycles. The summed E-state index contributed by atoms with van der Waals surface area (Å²) < 4.78 is 0. The largest absolute Gasteiger partial charge is 0.301 e. The summed E-state index contributed by atoms with van der Waals surface area (Å²) in [4.78, 5) is 2.46. The lowest BCUT2D eigenvalue weighted by Gasteiger charge is -2.23. The SMILES string of the molecule is CCCC1CCCN(CC(C#N)NCC)CC1. The molecule has 0 radical (unpaired) electrons. The van der Waals surface area contributed by atoms with Crippen LogP contribution >= 0.6 is 0 Å². The molecular formula is C14H27N3. The average molecular weight is 237 g/mol. The van der Waals surface area contributed by atoms with E-state index in [2.05, 4.69) is 30.1 Å². The van der Waals surface area contributed by atoms with Gasteiger partial charge in [0.05, 0.1) is 6.07 Å². The maximum Gasteiger partial charge on any atom is 0.108 e. The Balaban J connectivity index is 2.33. The van der Waals surface area contributed by atoms with Crippen molar-refractivity contribution in [2.75, 3.05) is 26.2 Å². The summed E-state index contributed by atoms with van der Waals surface area (Å²) in [7, 11) is 0. The Hall–Kier alpha value is -0.590. The third-order valence-corrected chi connectivity index (χ3v) is 3.68. The van der Waals surface area contributed by atoms with E-state index >= 15 is 0 Å². The maximum atomic E-state index is 9.06. The molecule has 0 aliphatic carbocycles. The standard InChI is InChI=1S/C14H27N3/c1-3-6-13-7-5-9-17(10-8-13)12-14(11-15)16-4-2/h13-14,16H,3-10,12H2,1-2H3. The van der Waals surface area contributed by atoms with Gasteiger partial charge in [-0.3, -0.25) is 0 Å². The lowest BCUT2D eigenvalue weighted by atomic mass is 9.96. The fourth-order valence-corrected chi connectivity index (χ4v) is 2.76. The minimum atomic E-state index is 0.00252. The highest BCUT2D eigenvalue weighted by Gasteiger charge is 2.18. The molecule has 0 bridgehead atoms. The molecule has 1 saturated heterocycles.